The molecular formula is C12H14O4S. The Labute approximate surface area is 104 Å². The van der Waals surface area contributed by atoms with Gasteiger partial charge < -0.3 is 14.9 Å². The van der Waals surface area contributed by atoms with Gasteiger partial charge in [0.05, 0.1) is 12.7 Å². The summed E-state index contributed by atoms with van der Waals surface area (Å²) in [5, 5.41) is 19.5. The quantitative estimate of drug-likeness (QED) is 0.799. The molecule has 0 saturated heterocycles. The molecule has 92 valence electrons. The first-order valence-corrected chi connectivity index (χ1v) is 6.41. The van der Waals surface area contributed by atoms with Gasteiger partial charge in [-0.15, -0.1) is 11.8 Å². The summed E-state index contributed by atoms with van der Waals surface area (Å²) in [6, 6.07) is 5.17. The third-order valence-electron chi connectivity index (χ3n) is 2.62. The Balaban J connectivity index is 2.23. The lowest BCUT2D eigenvalue weighted by Crippen LogP contribution is -2.15. The highest BCUT2D eigenvalue weighted by Crippen LogP contribution is 2.39. The molecule has 2 unspecified atom stereocenters. The molecule has 1 aliphatic rings. The molecule has 2 atom stereocenters. The molecule has 1 aliphatic heterocycles. The molecule has 1 aromatic carbocycles. The average Bonchev–Trinajstić information content (AvgIpc) is 2.70. The van der Waals surface area contributed by atoms with Crippen molar-refractivity contribution in [3.8, 4) is 0 Å². The summed E-state index contributed by atoms with van der Waals surface area (Å²) in [6.45, 7) is 1.92. The molecule has 0 fully saturated rings. The van der Waals surface area contributed by atoms with Gasteiger partial charge in [-0.25, -0.2) is 4.79 Å². The molecule has 2 rings (SSSR count). The maximum Gasteiger partial charge on any atom is 0.339 e. The number of carbonyl (C=O) groups is 1. The van der Waals surface area contributed by atoms with Crippen LogP contribution in [0.25, 0.3) is 0 Å². The van der Waals surface area contributed by atoms with E-state index in [9.17, 15) is 15.0 Å². The largest absolute Gasteiger partial charge is 0.464 e. The van der Waals surface area contributed by atoms with Gasteiger partial charge in [0.1, 0.15) is 0 Å². The van der Waals surface area contributed by atoms with Gasteiger partial charge in [0.2, 0.25) is 0 Å². The van der Waals surface area contributed by atoms with Crippen LogP contribution in [-0.2, 0) is 9.53 Å². The Morgan fingerprint density at radius 2 is 2.41 bits per heavy atom. The number of ether oxygens (including phenoxy) is 1. The van der Waals surface area contributed by atoms with Crippen LogP contribution in [0.2, 0.25) is 0 Å². The first-order valence-electron chi connectivity index (χ1n) is 5.43. The zero-order chi connectivity index (χ0) is 12.4. The van der Waals surface area contributed by atoms with E-state index < -0.39 is 18.2 Å². The first-order chi connectivity index (χ1) is 8.13. The second-order valence-corrected chi connectivity index (χ2v) is 4.84. The highest BCUT2D eigenvalue weighted by molar-refractivity contribution is 7.99. The van der Waals surface area contributed by atoms with Gasteiger partial charge in [-0.05, 0) is 30.2 Å². The lowest BCUT2D eigenvalue weighted by atomic mass is 10.0. The van der Waals surface area contributed by atoms with Crippen LogP contribution in [0.4, 0.5) is 0 Å². The summed E-state index contributed by atoms with van der Waals surface area (Å²) in [4.78, 5) is 12.4. The predicted molar refractivity (Wildman–Crippen MR) is 63.7 cm³/mol. The molecule has 2 N–H and O–H groups in total. The van der Waals surface area contributed by atoms with Crippen molar-refractivity contribution < 1.29 is 19.7 Å². The van der Waals surface area contributed by atoms with Crippen molar-refractivity contribution in [1.82, 2.24) is 0 Å². The van der Waals surface area contributed by atoms with Gasteiger partial charge >= 0.3 is 5.97 Å². The summed E-state index contributed by atoms with van der Waals surface area (Å²) < 4.78 is 4.75. The minimum absolute atomic E-state index is 0.235. The number of fused-ring (bicyclic) bond motifs is 1. The van der Waals surface area contributed by atoms with E-state index >= 15 is 0 Å². The number of hydrogen-bond acceptors (Lipinski definition) is 5. The minimum Gasteiger partial charge on any atom is -0.464 e. The fourth-order valence-electron chi connectivity index (χ4n) is 1.74. The Morgan fingerprint density at radius 1 is 1.65 bits per heavy atom. The normalized spacial score (nSPS) is 19.8. The fourth-order valence-corrected chi connectivity index (χ4v) is 2.79. The smallest absolute Gasteiger partial charge is 0.339 e. The molecule has 5 heteroatoms. The third-order valence-corrected chi connectivity index (χ3v) is 3.78. The van der Waals surface area contributed by atoms with E-state index in [4.69, 9.17) is 4.74 Å². The summed E-state index contributed by atoms with van der Waals surface area (Å²) >= 11 is 1.57. The second kappa shape index (κ2) is 5.08. The summed E-state index contributed by atoms with van der Waals surface area (Å²) in [5.74, 6) is -0.0403. The molecule has 4 nitrogen and oxygen atoms in total. The molecular weight excluding hydrogens is 240 g/mol. The van der Waals surface area contributed by atoms with E-state index in [1.165, 1.54) is 0 Å². The van der Waals surface area contributed by atoms with E-state index in [0.717, 1.165) is 10.5 Å². The van der Waals surface area contributed by atoms with Crippen molar-refractivity contribution >= 4 is 17.7 Å². The van der Waals surface area contributed by atoms with Crippen LogP contribution >= 0.6 is 11.8 Å². The molecule has 1 aromatic rings. The van der Waals surface area contributed by atoms with Crippen molar-refractivity contribution in [3.05, 3.63) is 29.3 Å². The molecule has 0 saturated carbocycles. The Hall–Kier alpha value is -1.04. The van der Waals surface area contributed by atoms with Gasteiger partial charge in [-0.2, -0.15) is 0 Å². The van der Waals surface area contributed by atoms with E-state index in [0.29, 0.717) is 11.3 Å². The van der Waals surface area contributed by atoms with E-state index in [1.54, 1.807) is 30.8 Å². The van der Waals surface area contributed by atoms with Gasteiger partial charge in [0, 0.05) is 10.6 Å². The highest BCUT2D eigenvalue weighted by Gasteiger charge is 2.25. The van der Waals surface area contributed by atoms with Crippen molar-refractivity contribution in [3.63, 3.8) is 0 Å². The number of aliphatic hydroxyl groups is 2. The van der Waals surface area contributed by atoms with E-state index in [1.807, 2.05) is 6.07 Å². The van der Waals surface area contributed by atoms with Crippen molar-refractivity contribution in [1.29, 1.82) is 0 Å². The topological polar surface area (TPSA) is 66.8 Å². The third kappa shape index (κ3) is 2.46. The number of rotatable bonds is 3. The van der Waals surface area contributed by atoms with Crippen molar-refractivity contribution in [2.45, 2.75) is 24.0 Å². The first kappa shape index (κ1) is 12.4. The van der Waals surface area contributed by atoms with Gasteiger partial charge in [-0.3, -0.25) is 0 Å². The van der Waals surface area contributed by atoms with Gasteiger partial charge in [-0.1, -0.05) is 6.07 Å². The van der Waals surface area contributed by atoms with Crippen LogP contribution < -0.4 is 0 Å². The minimum atomic E-state index is -1.28. The number of benzene rings is 1. The number of esters is 1. The zero-order valence-corrected chi connectivity index (χ0v) is 10.2. The Morgan fingerprint density at radius 3 is 3.12 bits per heavy atom. The van der Waals surface area contributed by atoms with Crippen LogP contribution in [0.1, 0.15) is 30.3 Å². The Bertz CT molecular complexity index is 433. The van der Waals surface area contributed by atoms with Crippen LogP contribution in [0.3, 0.4) is 0 Å². The standard InChI is InChI=1S/C12H14O4S/c1-2-16-12(15)11(14)7-3-4-10-8(5-7)9(13)6-17-10/h3-5,9,11,13-14H,2,6H2,1H3. The molecule has 0 radical (unpaired) electrons. The summed E-state index contributed by atoms with van der Waals surface area (Å²) in [6.07, 6.45) is -1.80. The SMILES string of the molecule is CCOC(=O)C(O)c1ccc2c(c1)C(O)CS2. The Kier molecular flexibility index (Phi) is 3.71. The fraction of sp³-hybridized carbons (Fsp3) is 0.417. The summed E-state index contributed by atoms with van der Waals surface area (Å²) in [7, 11) is 0. The lowest BCUT2D eigenvalue weighted by Gasteiger charge is -2.12. The molecule has 0 bridgehead atoms. The predicted octanol–water partition coefficient (Wildman–Crippen LogP) is 1.42. The molecule has 0 aromatic heterocycles. The number of thioether (sulfide) groups is 1. The monoisotopic (exact) mass is 254 g/mol. The number of aliphatic hydroxyl groups excluding tert-OH is 2. The van der Waals surface area contributed by atoms with E-state index in [-0.39, 0.29) is 6.61 Å². The number of hydrogen-bond donors (Lipinski definition) is 2. The van der Waals surface area contributed by atoms with Crippen LogP contribution in [-0.4, -0.2) is 28.5 Å². The molecule has 0 aliphatic carbocycles. The molecule has 0 spiro atoms. The average molecular weight is 254 g/mol. The maximum absolute atomic E-state index is 11.4. The van der Waals surface area contributed by atoms with Gasteiger partial charge in [0.15, 0.2) is 6.10 Å². The zero-order valence-electron chi connectivity index (χ0n) is 9.42. The van der Waals surface area contributed by atoms with Crippen LogP contribution in [0.5, 0.6) is 0 Å². The second-order valence-electron chi connectivity index (χ2n) is 3.78. The highest BCUT2D eigenvalue weighted by atomic mass is 32.2. The maximum atomic E-state index is 11.4. The summed E-state index contributed by atoms with van der Waals surface area (Å²) in [5.41, 5.74) is 1.24. The van der Waals surface area contributed by atoms with E-state index in [2.05, 4.69) is 0 Å². The van der Waals surface area contributed by atoms with Crippen molar-refractivity contribution in [2.75, 3.05) is 12.4 Å². The lowest BCUT2D eigenvalue weighted by molar-refractivity contribution is -0.153. The van der Waals surface area contributed by atoms with Crippen molar-refractivity contribution in [2.24, 2.45) is 0 Å². The van der Waals surface area contributed by atoms with Gasteiger partial charge in [0.25, 0.3) is 0 Å². The molecule has 0 amide bonds. The van der Waals surface area contributed by atoms with Crippen LogP contribution in [0.15, 0.2) is 23.1 Å². The van der Waals surface area contributed by atoms with Crippen LogP contribution in [0, 0.1) is 0 Å². The molecule has 1 heterocycles. The molecule has 17 heavy (non-hydrogen) atoms. The number of carbonyl (C=O) groups excluding carboxylic acids is 1.